The van der Waals surface area contributed by atoms with Crippen LogP contribution in [0.2, 0.25) is 0 Å². The minimum atomic E-state index is 0.586. The van der Waals surface area contributed by atoms with Crippen LogP contribution < -0.4 is 5.32 Å². The number of thioether (sulfide) groups is 1. The number of hydrogen-bond acceptors (Lipinski definition) is 2. The summed E-state index contributed by atoms with van der Waals surface area (Å²) in [6.45, 7) is 2.30. The van der Waals surface area contributed by atoms with Crippen molar-refractivity contribution >= 4 is 11.8 Å². The summed E-state index contributed by atoms with van der Waals surface area (Å²) in [7, 11) is 0. The van der Waals surface area contributed by atoms with Gasteiger partial charge in [-0.15, -0.1) is 0 Å². The van der Waals surface area contributed by atoms with Crippen LogP contribution in [0.3, 0.4) is 0 Å². The van der Waals surface area contributed by atoms with Gasteiger partial charge in [0.15, 0.2) is 0 Å². The molecule has 0 aliphatic heterocycles. The lowest BCUT2D eigenvalue weighted by Gasteiger charge is -2.19. The molecule has 94 valence electrons. The van der Waals surface area contributed by atoms with Gasteiger partial charge in [-0.2, -0.15) is 11.8 Å². The van der Waals surface area contributed by atoms with Crippen molar-refractivity contribution in [3.8, 4) is 0 Å². The zero-order valence-electron chi connectivity index (χ0n) is 10.9. The van der Waals surface area contributed by atoms with E-state index in [1.54, 1.807) is 0 Å². The molecule has 1 fully saturated rings. The average Bonchev–Trinajstić information content (AvgIpc) is 2.78. The highest BCUT2D eigenvalue weighted by Gasteiger charge is 2.24. The lowest BCUT2D eigenvalue weighted by molar-refractivity contribution is 0.449. The van der Waals surface area contributed by atoms with Gasteiger partial charge >= 0.3 is 0 Å². The second-order valence-corrected chi connectivity index (χ2v) is 6.26. The molecule has 1 N–H and O–H groups in total. The molecule has 0 amide bonds. The third-order valence-corrected chi connectivity index (χ3v) is 4.72. The predicted octanol–water partition coefficient (Wildman–Crippen LogP) is 3.49. The van der Waals surface area contributed by atoms with E-state index in [1.807, 2.05) is 11.8 Å². The second kappa shape index (κ2) is 6.46. The van der Waals surface area contributed by atoms with E-state index >= 15 is 0 Å². The normalized spacial score (nSPS) is 26.0. The molecule has 0 saturated heterocycles. The largest absolute Gasteiger partial charge is 0.311 e. The Labute approximate surface area is 109 Å². The maximum Gasteiger partial charge on any atom is 0.00817 e. The van der Waals surface area contributed by atoms with Gasteiger partial charge in [-0.3, -0.25) is 0 Å². The van der Waals surface area contributed by atoms with Gasteiger partial charge in [0.2, 0.25) is 0 Å². The molecule has 3 atom stereocenters. The van der Waals surface area contributed by atoms with Gasteiger partial charge in [0.25, 0.3) is 0 Å². The molecule has 1 nitrogen and oxygen atoms in total. The Morgan fingerprint density at radius 2 is 2.06 bits per heavy atom. The summed E-state index contributed by atoms with van der Waals surface area (Å²) in [6, 6.07) is 12.1. The second-order valence-electron chi connectivity index (χ2n) is 5.13. The van der Waals surface area contributed by atoms with Gasteiger partial charge in [-0.25, -0.2) is 0 Å². The Kier molecular flexibility index (Phi) is 4.93. The van der Waals surface area contributed by atoms with E-state index in [0.29, 0.717) is 6.04 Å². The average molecular weight is 249 g/mol. The monoisotopic (exact) mass is 249 g/mol. The fourth-order valence-electron chi connectivity index (χ4n) is 2.73. The summed E-state index contributed by atoms with van der Waals surface area (Å²) in [5.74, 6) is 0. The fraction of sp³-hybridized carbons (Fsp3) is 0.600. The SMILES string of the molecule is CSC1CCC(NC(C)Cc2ccccc2)C1. The number of nitrogens with one attached hydrogen (secondary N) is 1. The van der Waals surface area contributed by atoms with Gasteiger partial charge in [0, 0.05) is 17.3 Å². The van der Waals surface area contributed by atoms with Crippen molar-refractivity contribution in [2.45, 2.75) is 49.9 Å². The molecule has 2 heteroatoms. The van der Waals surface area contributed by atoms with Crippen molar-refractivity contribution in [2.24, 2.45) is 0 Å². The van der Waals surface area contributed by atoms with Crippen LogP contribution in [0.25, 0.3) is 0 Å². The summed E-state index contributed by atoms with van der Waals surface area (Å²) in [5, 5.41) is 4.66. The first kappa shape index (κ1) is 13.0. The molecule has 0 radical (unpaired) electrons. The van der Waals surface area contributed by atoms with Gasteiger partial charge in [-0.05, 0) is 44.4 Å². The highest BCUT2D eigenvalue weighted by molar-refractivity contribution is 7.99. The maximum atomic E-state index is 3.78. The first-order valence-corrected chi connectivity index (χ1v) is 7.89. The third kappa shape index (κ3) is 4.04. The van der Waals surface area contributed by atoms with Crippen molar-refractivity contribution in [3.63, 3.8) is 0 Å². The summed E-state index contributed by atoms with van der Waals surface area (Å²) in [4.78, 5) is 0. The molecule has 0 heterocycles. The summed E-state index contributed by atoms with van der Waals surface area (Å²) >= 11 is 2.03. The van der Waals surface area contributed by atoms with E-state index in [9.17, 15) is 0 Å². The van der Waals surface area contributed by atoms with Crippen molar-refractivity contribution < 1.29 is 0 Å². The van der Waals surface area contributed by atoms with E-state index < -0.39 is 0 Å². The fourth-order valence-corrected chi connectivity index (χ4v) is 3.53. The number of rotatable bonds is 5. The van der Waals surface area contributed by atoms with Crippen LogP contribution in [0, 0.1) is 0 Å². The molecule has 0 aromatic heterocycles. The van der Waals surface area contributed by atoms with Crippen LogP contribution in [0.5, 0.6) is 0 Å². The van der Waals surface area contributed by atoms with Crippen LogP contribution >= 0.6 is 11.8 Å². The molecular formula is C15H23NS. The van der Waals surface area contributed by atoms with Gasteiger partial charge in [0.1, 0.15) is 0 Å². The molecule has 1 aromatic carbocycles. The molecule has 0 spiro atoms. The Morgan fingerprint density at radius 3 is 2.71 bits per heavy atom. The quantitative estimate of drug-likeness (QED) is 0.857. The summed E-state index contributed by atoms with van der Waals surface area (Å²) in [6.07, 6.45) is 7.46. The molecule has 1 aliphatic rings. The smallest absolute Gasteiger partial charge is 0.00817 e. The van der Waals surface area contributed by atoms with Gasteiger partial charge < -0.3 is 5.32 Å². The van der Waals surface area contributed by atoms with Crippen molar-refractivity contribution in [1.29, 1.82) is 0 Å². The minimum Gasteiger partial charge on any atom is -0.311 e. The lowest BCUT2D eigenvalue weighted by atomic mass is 10.1. The Balaban J connectivity index is 1.76. The van der Waals surface area contributed by atoms with E-state index in [0.717, 1.165) is 17.7 Å². The van der Waals surface area contributed by atoms with Crippen LogP contribution in [-0.4, -0.2) is 23.6 Å². The van der Waals surface area contributed by atoms with Crippen LogP contribution in [0.1, 0.15) is 31.7 Å². The third-order valence-electron chi connectivity index (χ3n) is 3.62. The van der Waals surface area contributed by atoms with Crippen molar-refractivity contribution in [3.05, 3.63) is 35.9 Å². The highest BCUT2D eigenvalue weighted by Crippen LogP contribution is 2.28. The molecular weight excluding hydrogens is 226 g/mol. The number of benzene rings is 1. The topological polar surface area (TPSA) is 12.0 Å². The molecule has 1 aromatic rings. The highest BCUT2D eigenvalue weighted by atomic mass is 32.2. The molecule has 3 unspecified atom stereocenters. The maximum absolute atomic E-state index is 3.78. The number of hydrogen-bond donors (Lipinski definition) is 1. The van der Waals surface area contributed by atoms with Crippen LogP contribution in [0.4, 0.5) is 0 Å². The molecule has 2 rings (SSSR count). The Hall–Kier alpha value is -0.470. The van der Waals surface area contributed by atoms with E-state index in [-0.39, 0.29) is 0 Å². The molecule has 17 heavy (non-hydrogen) atoms. The van der Waals surface area contributed by atoms with Gasteiger partial charge in [0.05, 0.1) is 0 Å². The standard InChI is InChI=1S/C15H23NS/c1-12(10-13-6-4-3-5-7-13)16-14-8-9-15(11-14)17-2/h3-7,12,14-16H,8-11H2,1-2H3. The van der Waals surface area contributed by atoms with Crippen LogP contribution in [-0.2, 0) is 6.42 Å². The summed E-state index contributed by atoms with van der Waals surface area (Å²) in [5.41, 5.74) is 1.44. The molecule has 1 saturated carbocycles. The molecule has 0 bridgehead atoms. The Bertz CT molecular complexity index is 325. The van der Waals surface area contributed by atoms with E-state index in [2.05, 4.69) is 48.8 Å². The first-order chi connectivity index (χ1) is 8.28. The predicted molar refractivity (Wildman–Crippen MR) is 77.7 cm³/mol. The Morgan fingerprint density at radius 1 is 1.29 bits per heavy atom. The summed E-state index contributed by atoms with van der Waals surface area (Å²) < 4.78 is 0. The van der Waals surface area contributed by atoms with Crippen LogP contribution in [0.15, 0.2) is 30.3 Å². The van der Waals surface area contributed by atoms with E-state index in [1.165, 1.54) is 24.8 Å². The van der Waals surface area contributed by atoms with Gasteiger partial charge in [-0.1, -0.05) is 30.3 Å². The lowest BCUT2D eigenvalue weighted by Crippen LogP contribution is -2.36. The molecule has 1 aliphatic carbocycles. The minimum absolute atomic E-state index is 0.586. The zero-order chi connectivity index (χ0) is 12.1. The first-order valence-electron chi connectivity index (χ1n) is 6.60. The van der Waals surface area contributed by atoms with E-state index in [4.69, 9.17) is 0 Å². The van der Waals surface area contributed by atoms with Crippen molar-refractivity contribution in [1.82, 2.24) is 5.32 Å². The zero-order valence-corrected chi connectivity index (χ0v) is 11.7. The van der Waals surface area contributed by atoms with Crippen molar-refractivity contribution in [2.75, 3.05) is 6.26 Å².